The van der Waals surface area contributed by atoms with Crippen LogP contribution in [0.1, 0.15) is 10.9 Å². The number of nitrogens with one attached hydrogen (secondary N) is 1. The number of carboxylic acid groups (broad SMARTS) is 1. The van der Waals surface area contributed by atoms with Gasteiger partial charge in [0.15, 0.2) is 17.5 Å². The monoisotopic (exact) mass is 263 g/mol. The van der Waals surface area contributed by atoms with Gasteiger partial charge in [-0.25, -0.2) is 13.2 Å². The van der Waals surface area contributed by atoms with E-state index >= 15 is 0 Å². The largest absolute Gasteiger partial charge is 0.480 e. The number of benzene rings is 1. The highest BCUT2D eigenvalue weighted by atomic mass is 32.2. The molecule has 0 bridgehead atoms. The summed E-state index contributed by atoms with van der Waals surface area (Å²) in [4.78, 5) is 10.7. The average Bonchev–Trinajstić information content (AvgIpc) is 2.75. The molecule has 2 N–H and O–H groups in total. The first-order valence-electron chi connectivity index (χ1n) is 4.74. The molecule has 1 aliphatic heterocycles. The second-order valence-corrected chi connectivity index (χ2v) is 4.67. The fraction of sp³-hybridized carbons (Fsp3) is 0.300. The Labute approximate surface area is 99.0 Å². The molecule has 92 valence electrons. The first-order valence-corrected chi connectivity index (χ1v) is 5.79. The van der Waals surface area contributed by atoms with Crippen LogP contribution in [0.25, 0.3) is 0 Å². The van der Waals surface area contributed by atoms with E-state index in [0.29, 0.717) is 0 Å². The molecule has 1 aromatic carbocycles. The second kappa shape index (κ2) is 4.58. The molecule has 1 fully saturated rings. The van der Waals surface area contributed by atoms with Gasteiger partial charge in [0.05, 0.1) is 5.37 Å². The zero-order chi connectivity index (χ0) is 12.6. The van der Waals surface area contributed by atoms with E-state index in [1.165, 1.54) is 0 Å². The van der Waals surface area contributed by atoms with Crippen molar-refractivity contribution in [3.63, 3.8) is 0 Å². The Morgan fingerprint density at radius 2 is 2.06 bits per heavy atom. The van der Waals surface area contributed by atoms with E-state index in [0.717, 1.165) is 23.9 Å². The SMILES string of the molecule is O=C(O)[C@H]1CS[C@@H](c2ccc(F)c(F)c2F)N1. The summed E-state index contributed by atoms with van der Waals surface area (Å²) in [6, 6.07) is 1.13. The zero-order valence-corrected chi connectivity index (χ0v) is 9.23. The van der Waals surface area contributed by atoms with Crippen LogP contribution in [-0.4, -0.2) is 22.9 Å². The Bertz CT molecular complexity index is 469. The molecule has 0 unspecified atom stereocenters. The standard InChI is InChI=1S/C10H8F3NO2S/c11-5-2-1-4(7(12)8(5)13)9-14-6(3-17-9)10(15)16/h1-2,6,9,14H,3H2,(H,15,16)/t6-,9+/m1/s1. The first-order chi connectivity index (χ1) is 8.00. The second-order valence-electron chi connectivity index (χ2n) is 3.54. The maximum absolute atomic E-state index is 13.4. The fourth-order valence-corrected chi connectivity index (χ4v) is 2.78. The van der Waals surface area contributed by atoms with Crippen LogP contribution < -0.4 is 5.32 Å². The molecular weight excluding hydrogens is 255 g/mol. The number of carbonyl (C=O) groups is 1. The van der Waals surface area contributed by atoms with Crippen molar-refractivity contribution in [3.8, 4) is 0 Å². The molecule has 0 aromatic heterocycles. The van der Waals surface area contributed by atoms with Crippen molar-refractivity contribution in [1.29, 1.82) is 0 Å². The third kappa shape index (κ3) is 2.25. The molecule has 1 saturated heterocycles. The quantitative estimate of drug-likeness (QED) is 0.800. The molecule has 2 atom stereocenters. The first kappa shape index (κ1) is 12.3. The summed E-state index contributed by atoms with van der Waals surface area (Å²) >= 11 is 1.14. The number of carboxylic acids is 1. The van der Waals surface area contributed by atoms with Crippen molar-refractivity contribution < 1.29 is 23.1 Å². The van der Waals surface area contributed by atoms with Gasteiger partial charge in [0.25, 0.3) is 0 Å². The number of halogens is 3. The topological polar surface area (TPSA) is 49.3 Å². The van der Waals surface area contributed by atoms with E-state index in [-0.39, 0.29) is 11.3 Å². The summed E-state index contributed by atoms with van der Waals surface area (Å²) in [5.41, 5.74) is -0.0716. The van der Waals surface area contributed by atoms with E-state index in [2.05, 4.69) is 5.32 Å². The van der Waals surface area contributed by atoms with Crippen LogP contribution in [0.3, 0.4) is 0 Å². The van der Waals surface area contributed by atoms with E-state index in [1.807, 2.05) is 0 Å². The van der Waals surface area contributed by atoms with Crippen LogP contribution in [0.5, 0.6) is 0 Å². The smallest absolute Gasteiger partial charge is 0.321 e. The molecule has 7 heteroatoms. The maximum atomic E-state index is 13.4. The van der Waals surface area contributed by atoms with Crippen molar-refractivity contribution in [2.45, 2.75) is 11.4 Å². The van der Waals surface area contributed by atoms with Gasteiger partial charge in [-0.05, 0) is 6.07 Å². The lowest BCUT2D eigenvalue weighted by Gasteiger charge is -2.12. The summed E-state index contributed by atoms with van der Waals surface area (Å²) in [5.74, 6) is -4.88. The number of hydrogen-bond donors (Lipinski definition) is 2. The van der Waals surface area contributed by atoms with Gasteiger partial charge in [0, 0.05) is 11.3 Å². The molecule has 0 saturated carbocycles. The van der Waals surface area contributed by atoms with Gasteiger partial charge < -0.3 is 5.11 Å². The lowest BCUT2D eigenvalue weighted by Crippen LogP contribution is -2.34. The third-order valence-electron chi connectivity index (χ3n) is 2.43. The summed E-state index contributed by atoms with van der Waals surface area (Å²) in [5, 5.41) is 10.7. The number of aliphatic carboxylic acids is 1. The van der Waals surface area contributed by atoms with E-state index in [1.54, 1.807) is 0 Å². The Balaban J connectivity index is 2.25. The fourth-order valence-electron chi connectivity index (χ4n) is 1.54. The molecule has 0 spiro atoms. The zero-order valence-electron chi connectivity index (χ0n) is 8.41. The summed E-state index contributed by atoms with van der Waals surface area (Å²) < 4.78 is 39.1. The Morgan fingerprint density at radius 1 is 1.35 bits per heavy atom. The molecule has 0 aliphatic carbocycles. The van der Waals surface area contributed by atoms with Gasteiger partial charge in [-0.1, -0.05) is 6.07 Å². The van der Waals surface area contributed by atoms with E-state index in [9.17, 15) is 18.0 Å². The Hall–Kier alpha value is -1.21. The number of hydrogen-bond acceptors (Lipinski definition) is 3. The molecule has 17 heavy (non-hydrogen) atoms. The highest BCUT2D eigenvalue weighted by Gasteiger charge is 2.32. The number of thioether (sulfide) groups is 1. The van der Waals surface area contributed by atoms with Crippen LogP contribution in [-0.2, 0) is 4.79 Å². The van der Waals surface area contributed by atoms with Gasteiger partial charge in [0.1, 0.15) is 6.04 Å². The predicted molar refractivity (Wildman–Crippen MR) is 56.1 cm³/mol. The lowest BCUT2D eigenvalue weighted by molar-refractivity contribution is -0.138. The van der Waals surface area contributed by atoms with Crippen molar-refractivity contribution >= 4 is 17.7 Å². The van der Waals surface area contributed by atoms with Gasteiger partial charge in [-0.15, -0.1) is 11.8 Å². The lowest BCUT2D eigenvalue weighted by atomic mass is 10.2. The van der Waals surface area contributed by atoms with Crippen molar-refractivity contribution in [2.24, 2.45) is 0 Å². The molecule has 1 aromatic rings. The maximum Gasteiger partial charge on any atom is 0.321 e. The summed E-state index contributed by atoms with van der Waals surface area (Å²) in [6.07, 6.45) is 0. The molecule has 1 aliphatic rings. The molecular formula is C10H8F3NO2S. The van der Waals surface area contributed by atoms with Gasteiger partial charge in [0.2, 0.25) is 0 Å². The molecule has 1 heterocycles. The molecule has 0 radical (unpaired) electrons. The van der Waals surface area contributed by atoms with Crippen LogP contribution in [0.15, 0.2) is 12.1 Å². The van der Waals surface area contributed by atoms with E-state index < -0.39 is 34.8 Å². The predicted octanol–water partition coefficient (Wildman–Crippen LogP) is 1.89. The summed E-state index contributed by atoms with van der Waals surface area (Å²) in [6.45, 7) is 0. The molecule has 0 amide bonds. The number of rotatable bonds is 2. The van der Waals surface area contributed by atoms with Crippen LogP contribution >= 0.6 is 11.8 Å². The van der Waals surface area contributed by atoms with Crippen LogP contribution in [0.2, 0.25) is 0 Å². The normalized spacial score (nSPS) is 23.9. The minimum atomic E-state index is -1.54. The van der Waals surface area contributed by atoms with Crippen LogP contribution in [0, 0.1) is 17.5 Å². The van der Waals surface area contributed by atoms with Crippen LogP contribution in [0.4, 0.5) is 13.2 Å². The highest BCUT2D eigenvalue weighted by Crippen LogP contribution is 2.35. The summed E-state index contributed by atoms with van der Waals surface area (Å²) in [7, 11) is 0. The average molecular weight is 263 g/mol. The molecule has 3 nitrogen and oxygen atoms in total. The van der Waals surface area contributed by atoms with Gasteiger partial charge >= 0.3 is 5.97 Å². The van der Waals surface area contributed by atoms with Crippen molar-refractivity contribution in [2.75, 3.05) is 5.75 Å². The minimum Gasteiger partial charge on any atom is -0.480 e. The van der Waals surface area contributed by atoms with E-state index in [4.69, 9.17) is 5.11 Å². The van der Waals surface area contributed by atoms with Crippen molar-refractivity contribution in [1.82, 2.24) is 5.32 Å². The van der Waals surface area contributed by atoms with Gasteiger partial charge in [-0.2, -0.15) is 0 Å². The highest BCUT2D eigenvalue weighted by molar-refractivity contribution is 7.99. The van der Waals surface area contributed by atoms with Crippen molar-refractivity contribution in [3.05, 3.63) is 35.1 Å². The third-order valence-corrected chi connectivity index (χ3v) is 3.68. The molecule has 2 rings (SSSR count). The minimum absolute atomic E-state index is 0.0716. The Morgan fingerprint density at radius 3 is 2.65 bits per heavy atom. The van der Waals surface area contributed by atoms with Gasteiger partial charge in [-0.3, -0.25) is 10.1 Å². The Kier molecular flexibility index (Phi) is 3.30.